The lowest BCUT2D eigenvalue weighted by Gasteiger charge is -2.10. The Balaban J connectivity index is 2.64. The fraction of sp³-hybridized carbons (Fsp3) is 0.364. The van der Waals surface area contributed by atoms with Gasteiger partial charge in [0.2, 0.25) is 0 Å². The molecule has 0 spiro atoms. The zero-order chi connectivity index (χ0) is 12.8. The molecule has 0 aliphatic heterocycles. The average Bonchev–Trinajstić information content (AvgIpc) is 2.25. The van der Waals surface area contributed by atoms with E-state index < -0.39 is 16.7 Å². The molecule has 1 rings (SSSR count). The molecular formula is C11H17N3O2S. The molecule has 1 amide bonds. The van der Waals surface area contributed by atoms with Gasteiger partial charge in [-0.05, 0) is 24.6 Å². The molecule has 0 radical (unpaired) electrons. The number of carbonyl (C=O) groups is 1. The summed E-state index contributed by atoms with van der Waals surface area (Å²) in [7, 11) is -0.793. The Hall–Kier alpha value is -1.56. The maximum absolute atomic E-state index is 11.2. The van der Waals surface area contributed by atoms with Crippen LogP contribution in [0.4, 0.5) is 11.4 Å². The summed E-state index contributed by atoms with van der Waals surface area (Å²) < 4.78 is 10.9. The summed E-state index contributed by atoms with van der Waals surface area (Å²) in [6.45, 7) is 0.643. The quantitative estimate of drug-likeness (QED) is 0.510. The van der Waals surface area contributed by atoms with Crippen molar-refractivity contribution in [2.75, 3.05) is 29.6 Å². The van der Waals surface area contributed by atoms with Gasteiger partial charge in [-0.3, -0.25) is 9.00 Å². The van der Waals surface area contributed by atoms with Gasteiger partial charge in [0, 0.05) is 40.7 Å². The largest absolute Gasteiger partial charge is 0.399 e. The smallest absolute Gasteiger partial charge is 0.250 e. The van der Waals surface area contributed by atoms with Gasteiger partial charge in [0.05, 0.1) is 5.56 Å². The molecular weight excluding hydrogens is 238 g/mol. The number of anilines is 2. The Bertz CT molecular complexity index is 435. The maximum Gasteiger partial charge on any atom is 0.250 e. The zero-order valence-corrected chi connectivity index (χ0v) is 10.5. The van der Waals surface area contributed by atoms with Gasteiger partial charge in [-0.15, -0.1) is 0 Å². The summed E-state index contributed by atoms with van der Waals surface area (Å²) in [5, 5.41) is 3.09. The number of benzene rings is 1. The number of hydrogen-bond acceptors (Lipinski definition) is 4. The normalized spacial score (nSPS) is 12.1. The number of nitrogens with two attached hydrogens (primary N) is 2. The maximum atomic E-state index is 11.2. The van der Waals surface area contributed by atoms with E-state index in [9.17, 15) is 9.00 Å². The van der Waals surface area contributed by atoms with Crippen molar-refractivity contribution in [3.8, 4) is 0 Å². The van der Waals surface area contributed by atoms with Gasteiger partial charge in [0.25, 0.3) is 5.91 Å². The lowest BCUT2D eigenvalue weighted by atomic mass is 10.1. The molecule has 1 aromatic carbocycles. The molecule has 0 aliphatic rings. The van der Waals surface area contributed by atoms with E-state index in [0.717, 1.165) is 6.42 Å². The van der Waals surface area contributed by atoms with E-state index in [-0.39, 0.29) is 0 Å². The van der Waals surface area contributed by atoms with Gasteiger partial charge in [-0.1, -0.05) is 0 Å². The summed E-state index contributed by atoms with van der Waals surface area (Å²) in [6, 6.07) is 4.97. The first-order valence-electron chi connectivity index (χ1n) is 5.24. The van der Waals surface area contributed by atoms with Crippen LogP contribution in [0.1, 0.15) is 16.8 Å². The molecule has 5 nitrogen and oxygen atoms in total. The zero-order valence-electron chi connectivity index (χ0n) is 9.73. The van der Waals surface area contributed by atoms with Gasteiger partial charge in [0.1, 0.15) is 0 Å². The minimum atomic E-state index is -0.793. The van der Waals surface area contributed by atoms with Crippen molar-refractivity contribution in [2.45, 2.75) is 6.42 Å². The van der Waals surface area contributed by atoms with Crippen molar-refractivity contribution < 1.29 is 9.00 Å². The van der Waals surface area contributed by atoms with Crippen LogP contribution in [0.25, 0.3) is 0 Å². The van der Waals surface area contributed by atoms with E-state index in [1.807, 2.05) is 0 Å². The number of amides is 1. The molecule has 94 valence electrons. The molecule has 0 saturated carbocycles. The molecule has 0 heterocycles. The third-order valence-corrected chi connectivity index (χ3v) is 3.10. The third-order valence-electron chi connectivity index (χ3n) is 2.23. The van der Waals surface area contributed by atoms with Gasteiger partial charge in [0.15, 0.2) is 0 Å². The summed E-state index contributed by atoms with van der Waals surface area (Å²) in [5.41, 5.74) is 12.4. The summed E-state index contributed by atoms with van der Waals surface area (Å²) in [5.74, 6) is 0.118. The molecule has 0 fully saturated rings. The summed E-state index contributed by atoms with van der Waals surface area (Å²) in [6.07, 6.45) is 2.43. The van der Waals surface area contributed by atoms with Crippen molar-refractivity contribution in [3.63, 3.8) is 0 Å². The predicted octanol–water partition coefficient (Wildman–Crippen LogP) is 0.548. The monoisotopic (exact) mass is 255 g/mol. The fourth-order valence-electron chi connectivity index (χ4n) is 1.42. The van der Waals surface area contributed by atoms with Crippen molar-refractivity contribution in [3.05, 3.63) is 23.8 Å². The fourth-order valence-corrected chi connectivity index (χ4v) is 1.97. The lowest BCUT2D eigenvalue weighted by Crippen LogP contribution is -2.16. The second kappa shape index (κ2) is 6.24. The van der Waals surface area contributed by atoms with Crippen molar-refractivity contribution in [1.29, 1.82) is 0 Å². The van der Waals surface area contributed by atoms with Crippen LogP contribution in [0.15, 0.2) is 18.2 Å². The van der Waals surface area contributed by atoms with Crippen LogP contribution in [0.5, 0.6) is 0 Å². The first kappa shape index (κ1) is 13.5. The number of rotatable bonds is 6. The molecule has 0 aromatic heterocycles. The number of carbonyl (C=O) groups excluding carboxylic acids is 1. The predicted molar refractivity (Wildman–Crippen MR) is 71.4 cm³/mol. The third kappa shape index (κ3) is 4.44. The second-order valence-corrected chi connectivity index (χ2v) is 5.28. The van der Waals surface area contributed by atoms with E-state index in [1.54, 1.807) is 24.5 Å². The van der Waals surface area contributed by atoms with E-state index >= 15 is 0 Å². The highest BCUT2D eigenvalue weighted by atomic mass is 32.2. The van der Waals surface area contributed by atoms with E-state index in [0.29, 0.717) is 29.2 Å². The first-order valence-corrected chi connectivity index (χ1v) is 6.96. The highest BCUT2D eigenvalue weighted by molar-refractivity contribution is 7.84. The lowest BCUT2D eigenvalue weighted by molar-refractivity contribution is 0.100. The Kier molecular flexibility index (Phi) is 4.96. The van der Waals surface area contributed by atoms with Crippen LogP contribution in [0.2, 0.25) is 0 Å². The van der Waals surface area contributed by atoms with Crippen LogP contribution in [-0.4, -0.2) is 28.7 Å². The molecule has 0 bridgehead atoms. The Morgan fingerprint density at radius 1 is 1.47 bits per heavy atom. The molecule has 17 heavy (non-hydrogen) atoms. The van der Waals surface area contributed by atoms with E-state index in [1.165, 1.54) is 0 Å². The topological polar surface area (TPSA) is 98.2 Å². The molecule has 0 saturated heterocycles. The molecule has 1 unspecified atom stereocenters. The van der Waals surface area contributed by atoms with E-state index in [2.05, 4.69) is 5.32 Å². The van der Waals surface area contributed by atoms with Crippen molar-refractivity contribution in [2.24, 2.45) is 5.73 Å². The summed E-state index contributed by atoms with van der Waals surface area (Å²) in [4.78, 5) is 11.2. The van der Waals surface area contributed by atoms with Crippen LogP contribution >= 0.6 is 0 Å². The number of primary amides is 1. The Labute approximate surface area is 103 Å². The van der Waals surface area contributed by atoms with Crippen molar-refractivity contribution >= 4 is 28.1 Å². The number of nitrogen functional groups attached to an aromatic ring is 1. The average molecular weight is 255 g/mol. The van der Waals surface area contributed by atoms with Crippen molar-refractivity contribution in [1.82, 2.24) is 0 Å². The standard InChI is InChI=1S/C11H17N3O2S/c1-17(16)6-2-5-14-10-4-3-8(12)7-9(10)11(13)15/h3-4,7,14H,2,5-6,12H2,1H3,(H2,13,15). The molecule has 6 heteroatoms. The minimum Gasteiger partial charge on any atom is -0.399 e. The molecule has 1 aromatic rings. The number of nitrogens with one attached hydrogen (secondary N) is 1. The van der Waals surface area contributed by atoms with Gasteiger partial charge >= 0.3 is 0 Å². The highest BCUT2D eigenvalue weighted by Crippen LogP contribution is 2.18. The number of hydrogen-bond donors (Lipinski definition) is 3. The second-order valence-electron chi connectivity index (χ2n) is 3.73. The molecule has 0 aliphatic carbocycles. The first-order chi connectivity index (χ1) is 8.00. The minimum absolute atomic E-state index is 0.377. The summed E-state index contributed by atoms with van der Waals surface area (Å²) >= 11 is 0. The SMILES string of the molecule is CS(=O)CCCNc1ccc(N)cc1C(N)=O. The Morgan fingerprint density at radius 2 is 2.18 bits per heavy atom. The Morgan fingerprint density at radius 3 is 2.76 bits per heavy atom. The highest BCUT2D eigenvalue weighted by Gasteiger charge is 2.07. The van der Waals surface area contributed by atoms with Gasteiger partial charge < -0.3 is 16.8 Å². The molecule has 1 atom stereocenters. The van der Waals surface area contributed by atoms with Gasteiger partial charge in [-0.2, -0.15) is 0 Å². The van der Waals surface area contributed by atoms with Crippen LogP contribution in [0.3, 0.4) is 0 Å². The van der Waals surface area contributed by atoms with Crippen LogP contribution in [-0.2, 0) is 10.8 Å². The van der Waals surface area contributed by atoms with Crippen LogP contribution in [0, 0.1) is 0 Å². The van der Waals surface area contributed by atoms with E-state index in [4.69, 9.17) is 11.5 Å². The van der Waals surface area contributed by atoms with Crippen LogP contribution < -0.4 is 16.8 Å². The van der Waals surface area contributed by atoms with Gasteiger partial charge in [-0.25, -0.2) is 0 Å². The molecule has 5 N–H and O–H groups in total.